The van der Waals surface area contributed by atoms with Gasteiger partial charge in [0.05, 0.1) is 12.7 Å². The van der Waals surface area contributed by atoms with Crippen LogP contribution >= 0.6 is 0 Å². The third-order valence-corrected chi connectivity index (χ3v) is 6.11. The Bertz CT molecular complexity index is 852. The Labute approximate surface area is 164 Å². The number of rotatable bonds is 4. The normalized spacial score (nSPS) is 27.0. The van der Waals surface area contributed by atoms with Gasteiger partial charge < -0.3 is 23.9 Å². The second-order valence-corrected chi connectivity index (χ2v) is 7.93. The Hall–Kier alpha value is -2.09. The number of morpholine rings is 1. The molecule has 0 spiro atoms. The van der Waals surface area contributed by atoms with E-state index in [0.717, 1.165) is 54.6 Å². The van der Waals surface area contributed by atoms with Crippen LogP contribution in [-0.2, 0) is 4.74 Å². The minimum atomic E-state index is 0.141. The Balaban J connectivity index is 1.40. The largest absolute Gasteiger partial charge is 0.486 e. The molecule has 7 heteroatoms. The number of aromatic nitrogens is 2. The zero-order chi connectivity index (χ0) is 19.1. The molecule has 0 unspecified atom stereocenters. The van der Waals surface area contributed by atoms with Crippen molar-refractivity contribution >= 4 is 0 Å². The van der Waals surface area contributed by atoms with Crippen LogP contribution < -0.4 is 9.47 Å². The molecule has 2 aromatic rings. The quantitative estimate of drug-likeness (QED) is 0.869. The second kappa shape index (κ2) is 7.39. The average molecular weight is 385 g/mol. The highest BCUT2D eigenvalue weighted by molar-refractivity contribution is 5.66. The monoisotopic (exact) mass is 385 g/mol. The fourth-order valence-corrected chi connectivity index (χ4v) is 4.68. The van der Waals surface area contributed by atoms with Crippen molar-refractivity contribution in [2.75, 3.05) is 39.5 Å². The topological polar surface area (TPSA) is 69.0 Å². The molecule has 0 radical (unpaired) electrons. The molecular formula is C21H27N3O4. The van der Waals surface area contributed by atoms with Crippen molar-refractivity contribution in [3.63, 3.8) is 0 Å². The first-order valence-electron chi connectivity index (χ1n) is 10.1. The number of benzene rings is 1. The van der Waals surface area contributed by atoms with Gasteiger partial charge in [-0.15, -0.1) is 0 Å². The third-order valence-electron chi connectivity index (χ3n) is 6.11. The summed E-state index contributed by atoms with van der Waals surface area (Å²) in [5, 5.41) is 9.20. The lowest BCUT2D eigenvalue weighted by Crippen LogP contribution is -2.46. The molecule has 0 bridgehead atoms. The molecular weight excluding hydrogens is 358 g/mol. The molecule has 3 atom stereocenters. The standard InChI is InChI=1S/C21H27N3O4/c1-14-8-19-20(27-7-6-26-19)10-18(14)21-22-3-4-24(21)15-9-16-13-28-17(2-5-25)12-23(16)11-15/h3-4,8,10,15-17,25H,2,5-7,9,11-13H2,1H3/t15-,16-,17-/m0/s1. The Kier molecular flexibility index (Phi) is 4.74. The summed E-state index contributed by atoms with van der Waals surface area (Å²) in [6.07, 6.45) is 5.87. The van der Waals surface area contributed by atoms with Crippen molar-refractivity contribution in [3.8, 4) is 22.9 Å². The Morgan fingerprint density at radius 1 is 1.14 bits per heavy atom. The predicted octanol–water partition coefficient (Wildman–Crippen LogP) is 2.03. The van der Waals surface area contributed by atoms with Crippen LogP contribution in [0.4, 0.5) is 0 Å². The van der Waals surface area contributed by atoms with E-state index in [-0.39, 0.29) is 12.7 Å². The van der Waals surface area contributed by atoms with Crippen LogP contribution in [0, 0.1) is 6.92 Å². The molecule has 5 rings (SSSR count). The van der Waals surface area contributed by atoms with Gasteiger partial charge in [-0.3, -0.25) is 4.90 Å². The van der Waals surface area contributed by atoms with Crippen LogP contribution in [0.2, 0.25) is 0 Å². The SMILES string of the molecule is Cc1cc2c(cc1-c1nccn1[C@H]1C[C@H]3CO[C@@H](CCO)CN3C1)OCCO2. The second-order valence-electron chi connectivity index (χ2n) is 7.93. The highest BCUT2D eigenvalue weighted by Crippen LogP contribution is 2.39. The van der Waals surface area contributed by atoms with Gasteiger partial charge >= 0.3 is 0 Å². The van der Waals surface area contributed by atoms with E-state index in [1.807, 2.05) is 12.3 Å². The number of aryl methyl sites for hydroxylation is 1. The van der Waals surface area contributed by atoms with E-state index in [9.17, 15) is 5.11 Å². The van der Waals surface area contributed by atoms with Crippen LogP contribution in [0.25, 0.3) is 11.4 Å². The lowest BCUT2D eigenvalue weighted by atomic mass is 10.1. The van der Waals surface area contributed by atoms with E-state index in [1.54, 1.807) is 0 Å². The van der Waals surface area contributed by atoms with Crippen molar-refractivity contribution < 1.29 is 19.3 Å². The van der Waals surface area contributed by atoms with Crippen LogP contribution in [0.5, 0.6) is 11.5 Å². The van der Waals surface area contributed by atoms with E-state index in [1.165, 1.54) is 0 Å². The van der Waals surface area contributed by atoms with Crippen LogP contribution in [0.3, 0.4) is 0 Å². The van der Waals surface area contributed by atoms with Crippen LogP contribution in [0.15, 0.2) is 24.5 Å². The highest BCUT2D eigenvalue weighted by atomic mass is 16.6. The summed E-state index contributed by atoms with van der Waals surface area (Å²) < 4.78 is 19.7. The summed E-state index contributed by atoms with van der Waals surface area (Å²) in [5.41, 5.74) is 2.23. The van der Waals surface area contributed by atoms with Gasteiger partial charge in [0.1, 0.15) is 19.0 Å². The molecule has 0 aliphatic carbocycles. The Morgan fingerprint density at radius 3 is 2.79 bits per heavy atom. The maximum absolute atomic E-state index is 9.20. The van der Waals surface area contributed by atoms with Gasteiger partial charge in [-0.05, 0) is 37.5 Å². The number of hydrogen-bond acceptors (Lipinski definition) is 6. The predicted molar refractivity (Wildman–Crippen MR) is 104 cm³/mol. The zero-order valence-corrected chi connectivity index (χ0v) is 16.2. The first-order chi connectivity index (χ1) is 13.7. The zero-order valence-electron chi connectivity index (χ0n) is 16.2. The summed E-state index contributed by atoms with van der Waals surface area (Å²) in [6.45, 7) is 6.09. The number of imidazole rings is 1. The van der Waals surface area contributed by atoms with E-state index in [4.69, 9.17) is 14.2 Å². The molecule has 28 heavy (non-hydrogen) atoms. The molecule has 7 nitrogen and oxygen atoms in total. The maximum Gasteiger partial charge on any atom is 0.162 e. The van der Waals surface area contributed by atoms with Crippen molar-refractivity contribution in [1.82, 2.24) is 14.5 Å². The van der Waals surface area contributed by atoms with Gasteiger partial charge in [-0.25, -0.2) is 4.98 Å². The van der Waals surface area contributed by atoms with Gasteiger partial charge in [0.2, 0.25) is 0 Å². The lowest BCUT2D eigenvalue weighted by Gasteiger charge is -2.34. The third kappa shape index (κ3) is 3.17. The lowest BCUT2D eigenvalue weighted by molar-refractivity contribution is -0.0567. The molecule has 0 amide bonds. The van der Waals surface area contributed by atoms with Gasteiger partial charge in [0, 0.05) is 49.7 Å². The average Bonchev–Trinajstić information content (AvgIpc) is 3.34. The maximum atomic E-state index is 9.20. The van der Waals surface area contributed by atoms with Crippen LogP contribution in [-0.4, -0.2) is 71.2 Å². The fourth-order valence-electron chi connectivity index (χ4n) is 4.68. The summed E-state index contributed by atoms with van der Waals surface area (Å²) in [4.78, 5) is 7.20. The van der Waals surface area contributed by atoms with E-state index < -0.39 is 0 Å². The minimum absolute atomic E-state index is 0.141. The Morgan fingerprint density at radius 2 is 1.96 bits per heavy atom. The number of aliphatic hydroxyl groups excluding tert-OH is 1. The summed E-state index contributed by atoms with van der Waals surface area (Å²) in [7, 11) is 0. The number of hydrogen-bond donors (Lipinski definition) is 1. The first-order valence-corrected chi connectivity index (χ1v) is 10.1. The molecule has 150 valence electrons. The molecule has 3 aliphatic heterocycles. The summed E-state index contributed by atoms with van der Waals surface area (Å²) >= 11 is 0. The number of ether oxygens (including phenoxy) is 3. The van der Waals surface area contributed by atoms with Gasteiger partial charge in [-0.2, -0.15) is 0 Å². The van der Waals surface area contributed by atoms with E-state index in [2.05, 4.69) is 33.6 Å². The summed E-state index contributed by atoms with van der Waals surface area (Å²) in [5.74, 6) is 2.59. The van der Waals surface area contributed by atoms with Crippen molar-refractivity contribution in [2.24, 2.45) is 0 Å². The van der Waals surface area contributed by atoms with Gasteiger partial charge in [0.15, 0.2) is 11.5 Å². The van der Waals surface area contributed by atoms with Crippen LogP contribution in [0.1, 0.15) is 24.4 Å². The molecule has 1 N–H and O–H groups in total. The molecule has 4 heterocycles. The molecule has 2 fully saturated rings. The van der Waals surface area contributed by atoms with Crippen molar-refractivity contribution in [2.45, 2.75) is 38.0 Å². The number of fused-ring (bicyclic) bond motifs is 2. The molecule has 3 aliphatic rings. The van der Waals surface area contributed by atoms with E-state index in [0.29, 0.717) is 31.7 Å². The fraction of sp³-hybridized carbons (Fsp3) is 0.571. The minimum Gasteiger partial charge on any atom is -0.486 e. The van der Waals surface area contributed by atoms with Crippen molar-refractivity contribution in [3.05, 3.63) is 30.1 Å². The van der Waals surface area contributed by atoms with Gasteiger partial charge in [0.25, 0.3) is 0 Å². The number of nitrogens with zero attached hydrogens (tertiary/aromatic N) is 3. The molecule has 2 saturated heterocycles. The van der Waals surface area contributed by atoms with Crippen molar-refractivity contribution in [1.29, 1.82) is 0 Å². The smallest absolute Gasteiger partial charge is 0.162 e. The highest BCUT2D eigenvalue weighted by Gasteiger charge is 2.38. The summed E-state index contributed by atoms with van der Waals surface area (Å²) in [6, 6.07) is 4.92. The number of aliphatic hydroxyl groups is 1. The van der Waals surface area contributed by atoms with E-state index >= 15 is 0 Å². The molecule has 1 aromatic carbocycles. The van der Waals surface area contributed by atoms with Gasteiger partial charge in [-0.1, -0.05) is 0 Å². The first kappa shape index (κ1) is 18.0. The molecule has 0 saturated carbocycles. The molecule has 1 aromatic heterocycles.